The first kappa shape index (κ1) is 9.90. The van der Waals surface area contributed by atoms with Crippen molar-refractivity contribution in [3.05, 3.63) is 36.5 Å². The van der Waals surface area contributed by atoms with Gasteiger partial charge in [-0.2, -0.15) is 0 Å². The zero-order chi connectivity index (χ0) is 10.9. The predicted molar refractivity (Wildman–Crippen MR) is 58.4 cm³/mol. The molecule has 0 bridgehead atoms. The average Bonchev–Trinajstić information content (AvgIpc) is 2.67. The Morgan fingerprint density at radius 2 is 1.80 bits per heavy atom. The van der Waals surface area contributed by atoms with Gasteiger partial charge in [-0.15, -0.1) is 0 Å². The van der Waals surface area contributed by atoms with Gasteiger partial charge in [0.15, 0.2) is 0 Å². The second-order valence-electron chi connectivity index (χ2n) is 4.52. The fourth-order valence-corrected chi connectivity index (χ4v) is 1.25. The third-order valence-electron chi connectivity index (χ3n) is 2.20. The maximum Gasteiger partial charge on any atom is 0.226 e. The molecule has 0 aliphatic heterocycles. The van der Waals surface area contributed by atoms with Gasteiger partial charge < -0.3 is 4.42 Å². The average molecular weight is 202 g/mol. The smallest absolute Gasteiger partial charge is 0.226 e. The zero-order valence-corrected chi connectivity index (χ0v) is 9.19. The van der Waals surface area contributed by atoms with Gasteiger partial charge in [0, 0.05) is 23.4 Å². The van der Waals surface area contributed by atoms with E-state index in [-0.39, 0.29) is 5.41 Å². The van der Waals surface area contributed by atoms with Crippen LogP contribution >= 0.6 is 0 Å². The van der Waals surface area contributed by atoms with Gasteiger partial charge in [-0.05, 0) is 12.1 Å². The monoisotopic (exact) mass is 202 g/mol. The van der Waals surface area contributed by atoms with Crippen LogP contribution < -0.4 is 0 Å². The van der Waals surface area contributed by atoms with Crippen LogP contribution in [-0.4, -0.2) is 9.97 Å². The molecule has 2 aromatic rings. The van der Waals surface area contributed by atoms with E-state index in [0.29, 0.717) is 5.89 Å². The standard InChI is InChI=1S/C12H14N2O/c1-12(2,3)10-8-15-11(14-10)9-4-6-13-7-5-9/h4-8H,1-3H3. The van der Waals surface area contributed by atoms with Crippen LogP contribution in [0.4, 0.5) is 0 Å². The highest BCUT2D eigenvalue weighted by atomic mass is 16.3. The Hall–Kier alpha value is -1.64. The van der Waals surface area contributed by atoms with Gasteiger partial charge in [0.1, 0.15) is 6.26 Å². The summed E-state index contributed by atoms with van der Waals surface area (Å²) in [5, 5.41) is 0. The van der Waals surface area contributed by atoms with Crippen molar-refractivity contribution < 1.29 is 4.42 Å². The summed E-state index contributed by atoms with van der Waals surface area (Å²) in [5.74, 6) is 0.655. The van der Waals surface area contributed by atoms with Crippen molar-refractivity contribution >= 4 is 0 Å². The lowest BCUT2D eigenvalue weighted by atomic mass is 9.93. The highest BCUT2D eigenvalue weighted by molar-refractivity contribution is 5.51. The number of hydrogen-bond donors (Lipinski definition) is 0. The van der Waals surface area contributed by atoms with Crippen molar-refractivity contribution in [2.45, 2.75) is 26.2 Å². The van der Waals surface area contributed by atoms with Crippen molar-refractivity contribution in [1.82, 2.24) is 9.97 Å². The van der Waals surface area contributed by atoms with E-state index in [4.69, 9.17) is 4.42 Å². The van der Waals surface area contributed by atoms with Crippen LogP contribution in [0.3, 0.4) is 0 Å². The molecule has 0 aliphatic carbocycles. The molecule has 0 atom stereocenters. The minimum Gasteiger partial charge on any atom is -0.444 e. The molecule has 0 radical (unpaired) electrons. The molecule has 0 fully saturated rings. The van der Waals surface area contributed by atoms with E-state index in [1.54, 1.807) is 18.7 Å². The van der Waals surface area contributed by atoms with Gasteiger partial charge >= 0.3 is 0 Å². The van der Waals surface area contributed by atoms with E-state index in [9.17, 15) is 0 Å². The van der Waals surface area contributed by atoms with E-state index in [2.05, 4.69) is 30.7 Å². The second kappa shape index (κ2) is 3.50. The van der Waals surface area contributed by atoms with Crippen LogP contribution in [0.5, 0.6) is 0 Å². The Morgan fingerprint density at radius 3 is 2.33 bits per heavy atom. The zero-order valence-electron chi connectivity index (χ0n) is 9.19. The molecule has 15 heavy (non-hydrogen) atoms. The summed E-state index contributed by atoms with van der Waals surface area (Å²) in [5.41, 5.74) is 1.95. The molecular weight excluding hydrogens is 188 g/mol. The normalized spacial score (nSPS) is 11.7. The van der Waals surface area contributed by atoms with Crippen molar-refractivity contribution in [1.29, 1.82) is 0 Å². The Bertz CT molecular complexity index is 440. The Kier molecular flexibility index (Phi) is 2.31. The molecule has 2 rings (SSSR count). The Balaban J connectivity index is 2.37. The molecule has 0 N–H and O–H groups in total. The number of pyridine rings is 1. The lowest BCUT2D eigenvalue weighted by molar-refractivity contribution is 0.543. The molecule has 0 spiro atoms. The first-order valence-corrected chi connectivity index (χ1v) is 4.94. The lowest BCUT2D eigenvalue weighted by Crippen LogP contribution is -2.11. The summed E-state index contributed by atoms with van der Waals surface area (Å²) in [6.07, 6.45) is 5.18. The van der Waals surface area contributed by atoms with Gasteiger partial charge in [-0.1, -0.05) is 20.8 Å². The summed E-state index contributed by atoms with van der Waals surface area (Å²) in [6.45, 7) is 6.34. The van der Waals surface area contributed by atoms with Crippen molar-refractivity contribution in [3.63, 3.8) is 0 Å². The molecule has 0 saturated heterocycles. The molecule has 0 aromatic carbocycles. The van der Waals surface area contributed by atoms with Crippen LogP contribution in [0.15, 0.2) is 35.2 Å². The third-order valence-corrected chi connectivity index (χ3v) is 2.20. The minimum atomic E-state index is 0.0226. The maximum atomic E-state index is 5.44. The van der Waals surface area contributed by atoms with Crippen molar-refractivity contribution in [3.8, 4) is 11.5 Å². The molecule has 2 heterocycles. The van der Waals surface area contributed by atoms with Crippen LogP contribution in [0.25, 0.3) is 11.5 Å². The van der Waals surface area contributed by atoms with E-state index < -0.39 is 0 Å². The summed E-state index contributed by atoms with van der Waals surface area (Å²) < 4.78 is 5.44. The predicted octanol–water partition coefficient (Wildman–Crippen LogP) is 3.03. The van der Waals surface area contributed by atoms with Gasteiger partial charge in [-0.25, -0.2) is 4.98 Å². The number of nitrogens with zero attached hydrogens (tertiary/aromatic N) is 2. The molecule has 0 saturated carbocycles. The maximum absolute atomic E-state index is 5.44. The SMILES string of the molecule is CC(C)(C)c1coc(-c2ccncc2)n1. The van der Waals surface area contributed by atoms with E-state index in [1.807, 2.05) is 12.1 Å². The summed E-state index contributed by atoms with van der Waals surface area (Å²) in [4.78, 5) is 8.41. The van der Waals surface area contributed by atoms with Crippen molar-refractivity contribution in [2.75, 3.05) is 0 Å². The van der Waals surface area contributed by atoms with Crippen LogP contribution in [0.1, 0.15) is 26.5 Å². The molecule has 2 aromatic heterocycles. The lowest BCUT2D eigenvalue weighted by Gasteiger charge is -2.12. The summed E-state index contributed by atoms with van der Waals surface area (Å²) in [7, 11) is 0. The molecule has 0 aliphatic rings. The van der Waals surface area contributed by atoms with Crippen molar-refractivity contribution in [2.24, 2.45) is 0 Å². The van der Waals surface area contributed by atoms with Gasteiger partial charge in [-0.3, -0.25) is 4.98 Å². The molecule has 0 amide bonds. The minimum absolute atomic E-state index is 0.0226. The molecular formula is C12H14N2O. The number of rotatable bonds is 1. The van der Waals surface area contributed by atoms with Gasteiger partial charge in [0.25, 0.3) is 0 Å². The highest BCUT2D eigenvalue weighted by Gasteiger charge is 2.18. The second-order valence-corrected chi connectivity index (χ2v) is 4.52. The van der Waals surface area contributed by atoms with Crippen LogP contribution in [0.2, 0.25) is 0 Å². The number of aromatic nitrogens is 2. The van der Waals surface area contributed by atoms with E-state index in [0.717, 1.165) is 11.3 Å². The number of hydrogen-bond acceptors (Lipinski definition) is 3. The van der Waals surface area contributed by atoms with Crippen LogP contribution in [-0.2, 0) is 5.41 Å². The van der Waals surface area contributed by atoms with Gasteiger partial charge in [0.05, 0.1) is 5.69 Å². The quantitative estimate of drug-likeness (QED) is 0.713. The molecule has 3 nitrogen and oxygen atoms in total. The fraction of sp³-hybridized carbons (Fsp3) is 0.333. The van der Waals surface area contributed by atoms with E-state index in [1.165, 1.54) is 0 Å². The van der Waals surface area contributed by atoms with Crippen LogP contribution in [0, 0.1) is 0 Å². The summed E-state index contributed by atoms with van der Waals surface area (Å²) >= 11 is 0. The molecule has 3 heteroatoms. The largest absolute Gasteiger partial charge is 0.444 e. The van der Waals surface area contributed by atoms with Gasteiger partial charge in [0.2, 0.25) is 5.89 Å². The van der Waals surface area contributed by atoms with E-state index >= 15 is 0 Å². The topological polar surface area (TPSA) is 38.9 Å². The summed E-state index contributed by atoms with van der Waals surface area (Å²) in [6, 6.07) is 3.77. The Morgan fingerprint density at radius 1 is 1.13 bits per heavy atom. The molecule has 0 unspecified atom stereocenters. The Labute approximate surface area is 89.2 Å². The number of oxazole rings is 1. The molecule has 78 valence electrons. The third kappa shape index (κ3) is 2.06. The highest BCUT2D eigenvalue weighted by Crippen LogP contribution is 2.25. The fourth-order valence-electron chi connectivity index (χ4n) is 1.25. The first-order chi connectivity index (χ1) is 7.07. The first-order valence-electron chi connectivity index (χ1n) is 4.94.